The van der Waals surface area contributed by atoms with Gasteiger partial charge in [0.1, 0.15) is 0 Å². The van der Waals surface area contributed by atoms with E-state index in [9.17, 15) is 0 Å². The summed E-state index contributed by atoms with van der Waals surface area (Å²) in [6.07, 6.45) is 0. The van der Waals surface area contributed by atoms with Crippen LogP contribution in [0.4, 0.5) is 0 Å². The first-order valence-electron chi connectivity index (χ1n) is 16.4. The molecule has 0 radical (unpaired) electrons. The van der Waals surface area contributed by atoms with Crippen LogP contribution < -0.4 is 0 Å². The molecule has 16 heteroatoms. The quantitative estimate of drug-likeness (QED) is 0.163. The van der Waals surface area contributed by atoms with Gasteiger partial charge in [-0.25, -0.2) is 0 Å². The third kappa shape index (κ3) is 20.9. The first-order chi connectivity index (χ1) is 18.4. The molecule has 0 aliphatic carbocycles. The Morgan fingerprint density at radius 3 is 0.545 bits per heavy atom. The molecular weight excluding hydrogens is 701 g/mol. The summed E-state index contributed by atoms with van der Waals surface area (Å²) in [7, 11) is -18.1. The lowest BCUT2D eigenvalue weighted by Gasteiger charge is -2.48. The van der Waals surface area contributed by atoms with Crippen LogP contribution in [-0.4, -0.2) is 76.1 Å². The van der Waals surface area contributed by atoms with E-state index in [1.165, 1.54) is 0 Å². The Balaban J connectivity index is 0. The topological polar surface area (TPSA) is 64.6 Å². The van der Waals surface area contributed by atoms with Crippen molar-refractivity contribution < 1.29 is 28.8 Å². The van der Waals surface area contributed by atoms with E-state index in [4.69, 9.17) is 28.8 Å². The molecule has 0 bridgehead atoms. The molecule has 7 nitrogen and oxygen atoms in total. The highest BCUT2D eigenvalue weighted by molar-refractivity contribution is 6.92. The normalized spacial score (nSPS) is 16.8. The fourth-order valence-corrected chi connectivity index (χ4v) is 46.2. The van der Waals surface area contributed by atoms with E-state index in [2.05, 4.69) is 172 Å². The maximum atomic E-state index is 6.75. The molecule has 0 aromatic heterocycles. The minimum Gasteiger partial charge on any atom is -0.437 e. The van der Waals surface area contributed by atoms with E-state index in [0.29, 0.717) is 0 Å². The molecule has 0 aliphatic heterocycles. The van der Waals surface area contributed by atoms with Crippen molar-refractivity contribution in [3.8, 4) is 0 Å². The van der Waals surface area contributed by atoms with Crippen LogP contribution in [0.2, 0.25) is 141 Å². The van der Waals surface area contributed by atoms with Gasteiger partial charge in [0.2, 0.25) is 0 Å². The molecule has 0 spiro atoms. The highest BCUT2D eigenvalue weighted by Gasteiger charge is 2.54. The first-order valence-corrected chi connectivity index (χ1v) is 43.1. The minimum atomic E-state index is -2.50. The predicted octanol–water partition coefficient (Wildman–Crippen LogP) is 11.3. The van der Waals surface area contributed by atoms with Gasteiger partial charge >= 0.3 is 42.8 Å². The molecule has 268 valence electrons. The zero-order chi connectivity index (χ0) is 36.4. The van der Waals surface area contributed by atoms with Crippen LogP contribution in [0.5, 0.6) is 0 Å². The van der Waals surface area contributed by atoms with Gasteiger partial charge in [0.25, 0.3) is 0 Å². The summed E-state index contributed by atoms with van der Waals surface area (Å²) in [5.41, 5.74) is 0. The third-order valence-electron chi connectivity index (χ3n) is 6.20. The molecular formula is C28H78O7Si9. The van der Waals surface area contributed by atoms with Crippen LogP contribution in [0, 0.1) is 0 Å². The highest BCUT2D eigenvalue weighted by atomic mass is 28.5. The SMILES string of the molecule is CC(C)(C)[Si](C)(O[Si](C)(C)C)O[Si](C)(C)O[Si](C)(C)C.CC(C)(C)[Si](C)(O[Si](C)(C)O[Si](C)(C)C)O[Si](C)(C)O[Si](C)(C)C. The second kappa shape index (κ2) is 15.3. The number of hydrogen-bond acceptors (Lipinski definition) is 7. The zero-order valence-electron chi connectivity index (χ0n) is 34.4. The Morgan fingerprint density at radius 1 is 0.250 bits per heavy atom. The van der Waals surface area contributed by atoms with Crippen LogP contribution in [0.15, 0.2) is 0 Å². The molecule has 0 saturated heterocycles. The summed E-state index contributed by atoms with van der Waals surface area (Å²) in [4.78, 5) is 0. The molecule has 1 unspecified atom stereocenters. The Bertz CT molecular complexity index is 860. The summed E-state index contributed by atoms with van der Waals surface area (Å²) in [5.74, 6) is 0. The second-order valence-corrected chi connectivity index (χ2v) is 57.6. The molecule has 0 aromatic carbocycles. The van der Waals surface area contributed by atoms with Gasteiger partial charge in [-0.1, -0.05) is 41.5 Å². The maximum Gasteiger partial charge on any atom is 0.322 e. The fraction of sp³-hybridized carbons (Fsp3) is 1.00. The number of rotatable bonds is 14. The predicted molar refractivity (Wildman–Crippen MR) is 216 cm³/mol. The summed E-state index contributed by atoms with van der Waals surface area (Å²) < 4.78 is 45.9. The molecule has 44 heavy (non-hydrogen) atoms. The van der Waals surface area contributed by atoms with E-state index < -0.39 is 76.1 Å². The summed E-state index contributed by atoms with van der Waals surface area (Å²) in [6.45, 7) is 57.4. The van der Waals surface area contributed by atoms with Crippen LogP contribution in [0.1, 0.15) is 41.5 Å². The van der Waals surface area contributed by atoms with Crippen molar-refractivity contribution in [2.75, 3.05) is 0 Å². The van der Waals surface area contributed by atoms with Gasteiger partial charge in [-0.3, -0.25) is 0 Å². The van der Waals surface area contributed by atoms with Crippen molar-refractivity contribution in [3.63, 3.8) is 0 Å². The molecule has 0 amide bonds. The van der Waals surface area contributed by atoms with Gasteiger partial charge in [-0.15, -0.1) is 0 Å². The molecule has 0 aromatic rings. The fourth-order valence-electron chi connectivity index (χ4n) is 4.92. The second-order valence-electron chi connectivity index (χ2n) is 19.8. The zero-order valence-corrected chi connectivity index (χ0v) is 43.4. The molecule has 0 N–H and O–H groups in total. The third-order valence-corrected chi connectivity index (χ3v) is 39.5. The summed E-state index contributed by atoms with van der Waals surface area (Å²) in [6, 6.07) is 0. The number of hydrogen-bond donors (Lipinski definition) is 0. The lowest BCUT2D eigenvalue weighted by atomic mass is 10.2. The van der Waals surface area contributed by atoms with Crippen LogP contribution >= 0.6 is 0 Å². The van der Waals surface area contributed by atoms with Gasteiger partial charge in [0.15, 0.2) is 33.3 Å². The van der Waals surface area contributed by atoms with Crippen LogP contribution in [0.3, 0.4) is 0 Å². The van der Waals surface area contributed by atoms with Crippen LogP contribution in [0.25, 0.3) is 0 Å². The van der Waals surface area contributed by atoms with Crippen molar-refractivity contribution in [2.45, 2.75) is 183 Å². The van der Waals surface area contributed by atoms with Gasteiger partial charge in [-0.05, 0) is 131 Å². The molecule has 1 atom stereocenters. The average molecular weight is 780 g/mol. The summed E-state index contributed by atoms with van der Waals surface area (Å²) >= 11 is 0. The average Bonchev–Trinajstić information content (AvgIpc) is 2.48. The molecule has 0 fully saturated rings. The first kappa shape index (κ1) is 47.8. The standard InChI is InChI=1S/C15H42O4Si5.C13H36O3Si4/c1-15(2,3)24(14,18-22(10,11)16-20(4,5)6)19-23(12,13)17-21(7,8)9;1-13(2,3)20(12,15-18(7,8)9)16-19(10,11)14-17(4,5)6/h1-14H3;1-12H3. The monoisotopic (exact) mass is 778 g/mol. The largest absolute Gasteiger partial charge is 0.437 e. The molecule has 0 aliphatic rings. The van der Waals surface area contributed by atoms with E-state index in [0.717, 1.165) is 0 Å². The van der Waals surface area contributed by atoms with E-state index in [-0.39, 0.29) is 10.1 Å². The lowest BCUT2D eigenvalue weighted by Crippen LogP contribution is -2.62. The highest BCUT2D eigenvalue weighted by Crippen LogP contribution is 2.43. The van der Waals surface area contributed by atoms with E-state index in [1.807, 2.05) is 0 Å². The van der Waals surface area contributed by atoms with Crippen molar-refractivity contribution in [3.05, 3.63) is 0 Å². The van der Waals surface area contributed by atoms with Crippen molar-refractivity contribution in [2.24, 2.45) is 0 Å². The minimum absolute atomic E-state index is 0.0420. The van der Waals surface area contributed by atoms with Crippen molar-refractivity contribution >= 4 is 76.1 Å². The van der Waals surface area contributed by atoms with E-state index in [1.54, 1.807) is 0 Å². The van der Waals surface area contributed by atoms with E-state index >= 15 is 0 Å². The summed E-state index contributed by atoms with van der Waals surface area (Å²) in [5, 5.41) is -0.00646. The Hall–Kier alpha value is 1.67. The molecule has 0 rings (SSSR count). The Morgan fingerprint density at radius 2 is 0.409 bits per heavy atom. The van der Waals surface area contributed by atoms with Gasteiger partial charge < -0.3 is 28.8 Å². The van der Waals surface area contributed by atoms with Gasteiger partial charge in [0, 0.05) is 10.1 Å². The Kier molecular flexibility index (Phi) is 16.6. The van der Waals surface area contributed by atoms with Crippen molar-refractivity contribution in [1.82, 2.24) is 0 Å². The van der Waals surface area contributed by atoms with Gasteiger partial charge in [0.05, 0.1) is 0 Å². The molecule has 0 heterocycles. The Labute approximate surface area is 286 Å². The lowest BCUT2D eigenvalue weighted by molar-refractivity contribution is 0.268. The molecule has 0 saturated carbocycles. The van der Waals surface area contributed by atoms with Crippen LogP contribution in [-0.2, 0) is 28.8 Å². The van der Waals surface area contributed by atoms with Gasteiger partial charge in [-0.2, -0.15) is 0 Å². The maximum absolute atomic E-state index is 6.75. The smallest absolute Gasteiger partial charge is 0.322 e. The van der Waals surface area contributed by atoms with Crippen molar-refractivity contribution in [1.29, 1.82) is 0 Å².